The SMILES string of the molecule is COC1(C)Cc2ccc(C(C)S(C)(=O)=O)c(O)c21. The van der Waals surface area contributed by atoms with Crippen LogP contribution in [0.5, 0.6) is 5.75 Å². The van der Waals surface area contributed by atoms with Gasteiger partial charge in [0.15, 0.2) is 9.84 Å². The van der Waals surface area contributed by atoms with Crippen molar-refractivity contribution in [2.45, 2.75) is 31.1 Å². The number of hydrogen-bond donors (Lipinski definition) is 1. The molecule has 0 aliphatic heterocycles. The Morgan fingerprint density at radius 3 is 2.56 bits per heavy atom. The van der Waals surface area contributed by atoms with Gasteiger partial charge in [-0.05, 0) is 19.4 Å². The highest BCUT2D eigenvalue weighted by Gasteiger charge is 2.42. The summed E-state index contributed by atoms with van der Waals surface area (Å²) in [6.07, 6.45) is 1.91. The first-order valence-corrected chi connectivity index (χ1v) is 7.75. The highest BCUT2D eigenvalue weighted by Crippen LogP contribution is 2.49. The van der Waals surface area contributed by atoms with Gasteiger partial charge in [-0.15, -0.1) is 0 Å². The minimum Gasteiger partial charge on any atom is -0.507 e. The molecule has 0 heterocycles. The van der Waals surface area contributed by atoms with Crippen molar-refractivity contribution in [1.82, 2.24) is 0 Å². The largest absolute Gasteiger partial charge is 0.507 e. The van der Waals surface area contributed by atoms with Crippen LogP contribution < -0.4 is 0 Å². The van der Waals surface area contributed by atoms with Gasteiger partial charge in [0.1, 0.15) is 5.75 Å². The molecule has 0 saturated heterocycles. The lowest BCUT2D eigenvalue weighted by atomic mass is 9.73. The van der Waals surface area contributed by atoms with Crippen LogP contribution in [0.2, 0.25) is 0 Å². The molecule has 0 saturated carbocycles. The molecule has 0 bridgehead atoms. The van der Waals surface area contributed by atoms with Gasteiger partial charge in [-0.3, -0.25) is 0 Å². The number of ether oxygens (including phenoxy) is 1. The summed E-state index contributed by atoms with van der Waals surface area (Å²) in [7, 11) is -1.64. The molecule has 2 rings (SSSR count). The van der Waals surface area contributed by atoms with Crippen molar-refractivity contribution in [2.24, 2.45) is 0 Å². The van der Waals surface area contributed by atoms with Crippen molar-refractivity contribution >= 4 is 9.84 Å². The Bertz CT molecular complexity index is 591. The van der Waals surface area contributed by atoms with Crippen LogP contribution in [0.1, 0.15) is 35.8 Å². The number of sulfone groups is 1. The second-order valence-corrected chi connectivity index (χ2v) is 7.49. The fourth-order valence-electron chi connectivity index (χ4n) is 2.46. The standard InChI is InChI=1S/C13H18O4S/c1-8(18(4,15)16)10-6-5-9-7-13(2,17-3)11(9)12(10)14/h5-6,8,14H,7H2,1-4H3. The van der Waals surface area contributed by atoms with E-state index in [1.807, 2.05) is 13.0 Å². The first-order chi connectivity index (χ1) is 8.20. The lowest BCUT2D eigenvalue weighted by molar-refractivity contribution is -0.0204. The van der Waals surface area contributed by atoms with Gasteiger partial charge >= 0.3 is 0 Å². The third-order valence-corrected chi connectivity index (χ3v) is 5.42. The highest BCUT2D eigenvalue weighted by atomic mass is 32.2. The van der Waals surface area contributed by atoms with E-state index in [2.05, 4.69) is 0 Å². The van der Waals surface area contributed by atoms with Crippen molar-refractivity contribution in [3.05, 3.63) is 28.8 Å². The van der Waals surface area contributed by atoms with Crippen molar-refractivity contribution in [3.63, 3.8) is 0 Å². The molecule has 5 heteroatoms. The second-order valence-electron chi connectivity index (χ2n) is 5.12. The van der Waals surface area contributed by atoms with Crippen LogP contribution in [0.15, 0.2) is 12.1 Å². The number of phenolic OH excluding ortho intramolecular Hbond substituents is 1. The Morgan fingerprint density at radius 1 is 1.44 bits per heavy atom. The Balaban J connectivity index is 2.55. The number of fused-ring (bicyclic) bond motifs is 1. The maximum atomic E-state index is 11.6. The first kappa shape index (κ1) is 13.4. The summed E-state index contributed by atoms with van der Waals surface area (Å²) in [6.45, 7) is 3.48. The Labute approximate surface area is 108 Å². The Hall–Kier alpha value is -1.07. The number of methoxy groups -OCH3 is 1. The van der Waals surface area contributed by atoms with Crippen LogP contribution in [0.4, 0.5) is 0 Å². The van der Waals surface area contributed by atoms with E-state index < -0.39 is 20.7 Å². The summed E-state index contributed by atoms with van der Waals surface area (Å²) < 4.78 is 28.6. The monoisotopic (exact) mass is 270 g/mol. The molecule has 0 fully saturated rings. The summed E-state index contributed by atoms with van der Waals surface area (Å²) >= 11 is 0. The Kier molecular flexibility index (Phi) is 2.94. The topological polar surface area (TPSA) is 63.6 Å². The molecule has 1 aliphatic carbocycles. The normalized spacial score (nSPS) is 24.2. The molecule has 0 radical (unpaired) electrons. The number of phenols is 1. The average Bonchev–Trinajstić information content (AvgIpc) is 2.24. The van der Waals surface area contributed by atoms with E-state index in [0.29, 0.717) is 5.56 Å². The van der Waals surface area contributed by atoms with Crippen LogP contribution in [-0.2, 0) is 26.6 Å². The molecule has 0 amide bonds. The van der Waals surface area contributed by atoms with E-state index in [-0.39, 0.29) is 5.75 Å². The molecule has 1 aromatic rings. The zero-order valence-electron chi connectivity index (χ0n) is 11.0. The number of benzene rings is 1. The third-order valence-electron chi connectivity index (χ3n) is 3.88. The van der Waals surface area contributed by atoms with Gasteiger partial charge in [-0.2, -0.15) is 0 Å². The van der Waals surface area contributed by atoms with E-state index in [4.69, 9.17) is 4.74 Å². The van der Waals surface area contributed by atoms with E-state index in [9.17, 15) is 13.5 Å². The van der Waals surface area contributed by atoms with Gasteiger partial charge in [0.25, 0.3) is 0 Å². The molecule has 1 aromatic carbocycles. The van der Waals surface area contributed by atoms with Crippen LogP contribution in [0.3, 0.4) is 0 Å². The predicted molar refractivity (Wildman–Crippen MR) is 69.4 cm³/mol. The number of rotatable bonds is 3. The van der Waals surface area contributed by atoms with E-state index >= 15 is 0 Å². The Morgan fingerprint density at radius 2 is 2.06 bits per heavy atom. The summed E-state index contributed by atoms with van der Waals surface area (Å²) in [4.78, 5) is 0. The van der Waals surface area contributed by atoms with E-state index in [1.165, 1.54) is 6.26 Å². The van der Waals surface area contributed by atoms with Crippen LogP contribution in [0, 0.1) is 0 Å². The van der Waals surface area contributed by atoms with Crippen LogP contribution in [0.25, 0.3) is 0 Å². The molecule has 2 unspecified atom stereocenters. The minimum absolute atomic E-state index is 0.0565. The molecule has 18 heavy (non-hydrogen) atoms. The fraction of sp³-hybridized carbons (Fsp3) is 0.538. The molecular weight excluding hydrogens is 252 g/mol. The van der Waals surface area contributed by atoms with Gasteiger partial charge < -0.3 is 9.84 Å². The van der Waals surface area contributed by atoms with Crippen molar-refractivity contribution in [2.75, 3.05) is 13.4 Å². The van der Waals surface area contributed by atoms with Crippen LogP contribution >= 0.6 is 0 Å². The molecule has 2 atom stereocenters. The van der Waals surface area contributed by atoms with Crippen molar-refractivity contribution in [3.8, 4) is 5.75 Å². The predicted octanol–water partition coefficient (Wildman–Crippen LogP) is 1.92. The van der Waals surface area contributed by atoms with Gasteiger partial charge in [-0.25, -0.2) is 8.42 Å². The third kappa shape index (κ3) is 1.82. The van der Waals surface area contributed by atoms with Gasteiger partial charge in [0, 0.05) is 30.9 Å². The molecule has 4 nitrogen and oxygen atoms in total. The molecule has 0 aromatic heterocycles. The molecule has 1 aliphatic rings. The fourth-order valence-corrected chi connectivity index (χ4v) is 3.12. The van der Waals surface area contributed by atoms with Gasteiger partial charge in [0.2, 0.25) is 0 Å². The van der Waals surface area contributed by atoms with Gasteiger partial charge in [-0.1, -0.05) is 12.1 Å². The molecular formula is C13H18O4S. The number of aromatic hydroxyl groups is 1. The minimum atomic E-state index is -3.23. The zero-order valence-corrected chi connectivity index (χ0v) is 11.8. The van der Waals surface area contributed by atoms with Gasteiger partial charge in [0.05, 0.1) is 10.9 Å². The highest BCUT2D eigenvalue weighted by molar-refractivity contribution is 7.90. The van der Waals surface area contributed by atoms with E-state index in [0.717, 1.165) is 17.5 Å². The summed E-state index contributed by atoms with van der Waals surface area (Å²) in [5.74, 6) is 0.0565. The maximum Gasteiger partial charge on any atom is 0.154 e. The summed E-state index contributed by atoms with van der Waals surface area (Å²) in [6, 6.07) is 3.56. The quantitative estimate of drug-likeness (QED) is 0.911. The van der Waals surface area contributed by atoms with Crippen molar-refractivity contribution in [1.29, 1.82) is 0 Å². The lowest BCUT2D eigenvalue weighted by Crippen LogP contribution is -2.38. The second kappa shape index (κ2) is 3.96. The number of hydrogen-bond acceptors (Lipinski definition) is 4. The van der Waals surface area contributed by atoms with E-state index in [1.54, 1.807) is 20.1 Å². The average molecular weight is 270 g/mol. The summed E-state index contributed by atoms with van der Waals surface area (Å²) in [5.41, 5.74) is 1.67. The van der Waals surface area contributed by atoms with Crippen molar-refractivity contribution < 1.29 is 18.3 Å². The first-order valence-electron chi connectivity index (χ1n) is 5.80. The molecule has 1 N–H and O–H groups in total. The lowest BCUT2D eigenvalue weighted by Gasteiger charge is -2.41. The zero-order chi connectivity index (χ0) is 13.7. The maximum absolute atomic E-state index is 11.6. The smallest absolute Gasteiger partial charge is 0.154 e. The molecule has 100 valence electrons. The van der Waals surface area contributed by atoms with Crippen LogP contribution in [-0.4, -0.2) is 26.9 Å². The molecule has 0 spiro atoms. The summed E-state index contributed by atoms with van der Waals surface area (Å²) in [5, 5.41) is 9.57.